The number of hydrogen-bond acceptors (Lipinski definition) is 1. The van der Waals surface area contributed by atoms with E-state index in [-0.39, 0.29) is 0 Å². The third kappa shape index (κ3) is 2.29. The van der Waals surface area contributed by atoms with Crippen molar-refractivity contribution >= 4 is 27.9 Å². The highest BCUT2D eigenvalue weighted by Gasteiger charge is 1.91. The molecule has 0 aliphatic carbocycles. The average molecular weight is 221 g/mol. The van der Waals surface area contributed by atoms with Crippen LogP contribution in [0.5, 0.6) is 0 Å². The number of hydrogen-bond donors (Lipinski definition) is 0. The van der Waals surface area contributed by atoms with Crippen molar-refractivity contribution in [3.05, 3.63) is 34.9 Å². The Morgan fingerprint density at radius 1 is 1.50 bits per heavy atom. The third-order valence-electron chi connectivity index (χ3n) is 1.11. The summed E-state index contributed by atoms with van der Waals surface area (Å²) < 4.78 is 4.74. The van der Waals surface area contributed by atoms with E-state index in [4.69, 9.17) is 15.4 Å². The molecule has 0 amide bonds. The van der Waals surface area contributed by atoms with Gasteiger partial charge >= 0.3 is 0 Å². The molecule has 0 atom stereocenters. The monoisotopic (exact) mass is 220 g/mol. The highest BCUT2D eigenvalue weighted by Crippen LogP contribution is 2.11. The van der Waals surface area contributed by atoms with E-state index in [1.165, 1.54) is 0 Å². The van der Waals surface area contributed by atoms with Crippen molar-refractivity contribution in [3.8, 4) is 0 Å². The SMILES string of the molecule is Clc1cccc(COBr)c1. The maximum atomic E-state index is 5.71. The van der Waals surface area contributed by atoms with Crippen LogP contribution in [0.1, 0.15) is 5.56 Å². The van der Waals surface area contributed by atoms with Gasteiger partial charge in [-0.15, -0.1) is 0 Å². The van der Waals surface area contributed by atoms with Crippen LogP contribution in [-0.2, 0) is 10.4 Å². The molecule has 0 saturated heterocycles. The van der Waals surface area contributed by atoms with Crippen LogP contribution in [-0.4, -0.2) is 0 Å². The minimum atomic E-state index is 0.542. The van der Waals surface area contributed by atoms with Crippen LogP contribution < -0.4 is 0 Å². The lowest BCUT2D eigenvalue weighted by molar-refractivity contribution is 0.387. The highest BCUT2D eigenvalue weighted by atomic mass is 79.9. The van der Waals surface area contributed by atoms with Gasteiger partial charge in [-0.1, -0.05) is 23.7 Å². The Labute approximate surface area is 73.4 Å². The quantitative estimate of drug-likeness (QED) is 0.745. The molecule has 0 heterocycles. The first kappa shape index (κ1) is 8.05. The summed E-state index contributed by atoms with van der Waals surface area (Å²) >= 11 is 8.58. The summed E-state index contributed by atoms with van der Waals surface area (Å²) in [5.41, 5.74) is 1.06. The van der Waals surface area contributed by atoms with Gasteiger partial charge in [0.2, 0.25) is 0 Å². The second-order valence-corrected chi connectivity index (χ2v) is 2.78. The fourth-order valence-corrected chi connectivity index (χ4v) is 1.17. The zero-order valence-electron chi connectivity index (χ0n) is 5.18. The van der Waals surface area contributed by atoms with E-state index >= 15 is 0 Å². The average Bonchev–Trinajstić information content (AvgIpc) is 1.88. The van der Waals surface area contributed by atoms with E-state index in [0.29, 0.717) is 6.61 Å². The summed E-state index contributed by atoms with van der Waals surface area (Å²) in [6, 6.07) is 7.54. The second-order valence-electron chi connectivity index (χ2n) is 1.88. The molecule has 10 heavy (non-hydrogen) atoms. The van der Waals surface area contributed by atoms with Crippen molar-refractivity contribution in [2.45, 2.75) is 6.61 Å². The molecule has 0 N–H and O–H groups in total. The van der Waals surface area contributed by atoms with E-state index in [1.54, 1.807) is 0 Å². The lowest BCUT2D eigenvalue weighted by Gasteiger charge is -1.96. The molecule has 1 aromatic rings. The Morgan fingerprint density at radius 3 is 2.90 bits per heavy atom. The Hall–Kier alpha value is -0.0500. The van der Waals surface area contributed by atoms with E-state index < -0.39 is 0 Å². The minimum absolute atomic E-state index is 0.542. The maximum absolute atomic E-state index is 5.71. The normalized spacial score (nSPS) is 9.80. The highest BCUT2D eigenvalue weighted by molar-refractivity contribution is 9.06. The molecule has 0 aliphatic rings. The molecule has 0 bridgehead atoms. The summed E-state index contributed by atoms with van der Waals surface area (Å²) in [7, 11) is 0. The minimum Gasteiger partial charge on any atom is -0.303 e. The van der Waals surface area contributed by atoms with Crippen LogP contribution in [0.2, 0.25) is 5.02 Å². The molecule has 0 radical (unpaired) electrons. The van der Waals surface area contributed by atoms with Gasteiger partial charge in [0, 0.05) is 5.02 Å². The third-order valence-corrected chi connectivity index (χ3v) is 1.57. The van der Waals surface area contributed by atoms with Crippen LogP contribution in [0.15, 0.2) is 24.3 Å². The van der Waals surface area contributed by atoms with Crippen LogP contribution in [0.25, 0.3) is 0 Å². The van der Waals surface area contributed by atoms with Gasteiger partial charge in [0.05, 0.1) is 22.9 Å². The van der Waals surface area contributed by atoms with Crippen LogP contribution >= 0.6 is 27.9 Å². The van der Waals surface area contributed by atoms with Crippen molar-refractivity contribution in [3.63, 3.8) is 0 Å². The fourth-order valence-electron chi connectivity index (χ4n) is 0.690. The Morgan fingerprint density at radius 2 is 2.30 bits per heavy atom. The lowest BCUT2D eigenvalue weighted by Crippen LogP contribution is -1.81. The Bertz CT molecular complexity index is 215. The van der Waals surface area contributed by atoms with Crippen molar-refractivity contribution in [1.29, 1.82) is 0 Å². The summed E-state index contributed by atoms with van der Waals surface area (Å²) in [5.74, 6) is 0. The van der Waals surface area contributed by atoms with Gasteiger partial charge in [0.25, 0.3) is 0 Å². The van der Waals surface area contributed by atoms with Gasteiger partial charge in [-0.05, 0) is 17.7 Å². The second kappa shape index (κ2) is 3.96. The molecule has 1 rings (SSSR count). The van der Waals surface area contributed by atoms with Gasteiger partial charge in [-0.2, -0.15) is 0 Å². The first-order chi connectivity index (χ1) is 4.83. The molecule has 1 nitrogen and oxygen atoms in total. The summed E-state index contributed by atoms with van der Waals surface area (Å²) in [6.45, 7) is 0.542. The zero-order chi connectivity index (χ0) is 7.40. The standard InChI is InChI=1S/C7H6BrClO/c8-10-5-6-2-1-3-7(9)4-6/h1-4H,5H2. The summed E-state index contributed by atoms with van der Waals surface area (Å²) in [6.07, 6.45) is 0. The van der Waals surface area contributed by atoms with E-state index in [0.717, 1.165) is 10.6 Å². The summed E-state index contributed by atoms with van der Waals surface area (Å²) in [4.78, 5) is 0. The Kier molecular flexibility index (Phi) is 3.19. The summed E-state index contributed by atoms with van der Waals surface area (Å²) in [5, 5.41) is 0.738. The van der Waals surface area contributed by atoms with Crippen molar-refractivity contribution in [2.24, 2.45) is 0 Å². The molecule has 0 aromatic heterocycles. The Balaban J connectivity index is 2.75. The first-order valence-electron chi connectivity index (χ1n) is 2.81. The van der Waals surface area contributed by atoms with E-state index in [2.05, 4.69) is 16.3 Å². The maximum Gasteiger partial charge on any atom is 0.0991 e. The topological polar surface area (TPSA) is 9.23 Å². The van der Waals surface area contributed by atoms with Crippen molar-refractivity contribution in [1.82, 2.24) is 0 Å². The molecule has 1 aromatic carbocycles. The predicted molar refractivity (Wildman–Crippen MR) is 45.2 cm³/mol. The number of benzene rings is 1. The lowest BCUT2D eigenvalue weighted by atomic mass is 10.2. The molecule has 0 unspecified atom stereocenters. The predicted octanol–water partition coefficient (Wildman–Crippen LogP) is 3.17. The van der Waals surface area contributed by atoms with Gasteiger partial charge in [-0.3, -0.25) is 0 Å². The molecule has 0 aliphatic heterocycles. The van der Waals surface area contributed by atoms with E-state index in [1.807, 2.05) is 24.3 Å². The van der Waals surface area contributed by atoms with Crippen molar-refractivity contribution < 1.29 is 3.83 Å². The van der Waals surface area contributed by atoms with Gasteiger partial charge in [0.1, 0.15) is 0 Å². The van der Waals surface area contributed by atoms with Crippen LogP contribution in [0.3, 0.4) is 0 Å². The van der Waals surface area contributed by atoms with E-state index in [9.17, 15) is 0 Å². The molecule has 3 heteroatoms. The smallest absolute Gasteiger partial charge is 0.0991 e. The zero-order valence-corrected chi connectivity index (χ0v) is 7.52. The molecule has 54 valence electrons. The molecule has 0 saturated carbocycles. The molecular weight excluding hydrogens is 215 g/mol. The van der Waals surface area contributed by atoms with Gasteiger partial charge in [0.15, 0.2) is 0 Å². The first-order valence-corrected chi connectivity index (χ1v) is 3.83. The molecule has 0 fully saturated rings. The number of halogens is 2. The van der Waals surface area contributed by atoms with Crippen LogP contribution in [0.4, 0.5) is 0 Å². The molecule has 0 spiro atoms. The molecular formula is C7H6BrClO. The number of rotatable bonds is 2. The van der Waals surface area contributed by atoms with Gasteiger partial charge in [-0.25, -0.2) is 0 Å². The largest absolute Gasteiger partial charge is 0.303 e. The van der Waals surface area contributed by atoms with Crippen LogP contribution in [0, 0.1) is 0 Å². The van der Waals surface area contributed by atoms with Crippen molar-refractivity contribution in [2.75, 3.05) is 0 Å². The van der Waals surface area contributed by atoms with Gasteiger partial charge < -0.3 is 3.83 Å². The fraction of sp³-hybridized carbons (Fsp3) is 0.143.